The molecule has 0 radical (unpaired) electrons. The number of allylic oxidation sites excluding steroid dienone is 2. The Kier molecular flexibility index (Phi) is 10.4. The number of carbonyl (C=O) groups is 1. The molecule has 0 bridgehead atoms. The average molecular weight is 659 g/mol. The van der Waals surface area contributed by atoms with Crippen LogP contribution in [0.15, 0.2) is 85.8 Å². The summed E-state index contributed by atoms with van der Waals surface area (Å²) < 4.78 is 41.6. The molecule has 1 amide bonds. The lowest BCUT2D eigenvalue weighted by atomic mass is 10.0. The van der Waals surface area contributed by atoms with Gasteiger partial charge in [-0.2, -0.15) is 5.10 Å². The molecule has 1 aliphatic heterocycles. The fourth-order valence-corrected chi connectivity index (χ4v) is 6.66. The van der Waals surface area contributed by atoms with Crippen LogP contribution < -0.4 is 0 Å². The minimum atomic E-state index is -0.739. The highest BCUT2D eigenvalue weighted by atomic mass is 32.1. The molecule has 12 heteroatoms. The predicted octanol–water partition coefficient (Wildman–Crippen LogP) is 7.78. The number of fused-ring (bicyclic) bond motifs is 3. The molecule has 5 aromatic rings. The van der Waals surface area contributed by atoms with Crippen LogP contribution in [0.3, 0.4) is 0 Å². The smallest absolute Gasteiger partial charge is 0.246 e. The van der Waals surface area contributed by atoms with Crippen molar-refractivity contribution in [2.24, 2.45) is 7.05 Å². The summed E-state index contributed by atoms with van der Waals surface area (Å²) in [5.74, 6) is -0.889. The zero-order valence-electron chi connectivity index (χ0n) is 26.7. The van der Waals surface area contributed by atoms with Gasteiger partial charge in [0.2, 0.25) is 5.91 Å². The van der Waals surface area contributed by atoms with Crippen LogP contribution in [0.25, 0.3) is 49.8 Å². The Bertz CT molecular complexity index is 1990. The zero-order valence-corrected chi connectivity index (χ0v) is 27.5. The number of thiophene rings is 1. The summed E-state index contributed by atoms with van der Waals surface area (Å²) in [5.41, 5.74) is 5.77. The zero-order chi connectivity index (χ0) is 33.7. The average Bonchev–Trinajstić information content (AvgIpc) is 3.81. The molecule has 0 saturated carbocycles. The number of pyridine rings is 1. The first kappa shape index (κ1) is 33.4. The number of aryl methyl sites for hydroxylation is 1. The fourth-order valence-electron chi connectivity index (χ4n) is 5.74. The monoisotopic (exact) mass is 658 g/mol. The maximum absolute atomic E-state index is 14.8. The molecule has 0 N–H and O–H groups in total. The molecule has 5 heterocycles. The Morgan fingerprint density at radius 1 is 1.17 bits per heavy atom. The van der Waals surface area contributed by atoms with Crippen LogP contribution in [0.5, 0.6) is 0 Å². The van der Waals surface area contributed by atoms with Crippen molar-refractivity contribution >= 4 is 44.4 Å². The maximum Gasteiger partial charge on any atom is 0.246 e. The van der Waals surface area contributed by atoms with Gasteiger partial charge in [0.15, 0.2) is 0 Å². The first-order chi connectivity index (χ1) is 22.7. The number of carbonyl (C=O) groups excluding carboxylic acids is 1. The normalized spacial score (nSPS) is 16.3. The number of halogens is 2. The number of hydrogen-bond acceptors (Lipinski definition) is 7. The molecule has 0 saturated heterocycles. The Morgan fingerprint density at radius 3 is 2.70 bits per heavy atom. The topological polar surface area (TPSA) is 87.3 Å². The van der Waals surface area contributed by atoms with E-state index in [9.17, 15) is 13.6 Å². The van der Waals surface area contributed by atoms with E-state index in [0.717, 1.165) is 38.5 Å². The van der Waals surface area contributed by atoms with Crippen molar-refractivity contribution in [3.63, 3.8) is 0 Å². The highest BCUT2D eigenvalue weighted by Gasteiger charge is 2.34. The molecule has 9 nitrogen and oxygen atoms in total. The molecule has 47 heavy (non-hydrogen) atoms. The van der Waals surface area contributed by atoms with Crippen LogP contribution in [0.2, 0.25) is 0 Å². The SMILES string of the molecule is C=CC(=O)N1C(C)Cn2nc(-c3nc(-c4ccc5c(c4)ncn5C)c4ccsc4c3C=C(F)/C=C/F)cc2C1C.C=COCCOC. The lowest BCUT2D eigenvalue weighted by Gasteiger charge is -2.38. The van der Waals surface area contributed by atoms with Gasteiger partial charge in [-0.3, -0.25) is 9.48 Å². The van der Waals surface area contributed by atoms with E-state index in [2.05, 4.69) is 22.9 Å². The summed E-state index contributed by atoms with van der Waals surface area (Å²) in [5, 5.41) is 7.65. The standard InChI is InChI=1S/C30H26F2N6OS.C5H10O2/c1-5-27(39)38-17(2)15-37-26(18(38)3)14-24(35-37)29-22(13-20(32)8-10-31)30-21(9-11-40-30)28(34-29)19-6-7-25-23(12-19)33-16-36(25)4;1-3-7-5-4-6-2/h5-14,16-18H,1,15H2,2-4H3;3H,1,4-5H2,2H3/b10-8+,20-13?;. The second-order valence-corrected chi connectivity index (χ2v) is 11.8. The molecule has 1 aliphatic rings. The van der Waals surface area contributed by atoms with Crippen molar-refractivity contribution in [1.29, 1.82) is 0 Å². The Labute approximate surface area is 275 Å². The number of nitrogens with zero attached hydrogens (tertiary/aromatic N) is 6. The molecule has 4 aromatic heterocycles. The third-order valence-corrected chi connectivity index (χ3v) is 8.86. The van der Waals surface area contributed by atoms with Gasteiger partial charge < -0.3 is 18.9 Å². The van der Waals surface area contributed by atoms with Crippen LogP contribution in [-0.2, 0) is 27.9 Å². The number of aromatic nitrogens is 5. The third-order valence-electron chi connectivity index (χ3n) is 7.91. The third kappa shape index (κ3) is 6.79. The van der Waals surface area contributed by atoms with Gasteiger partial charge in [-0.25, -0.2) is 18.7 Å². The number of imidazole rings is 1. The van der Waals surface area contributed by atoms with Gasteiger partial charge in [-0.15, -0.1) is 11.3 Å². The van der Waals surface area contributed by atoms with Gasteiger partial charge in [0.05, 0.1) is 60.5 Å². The largest absolute Gasteiger partial charge is 0.499 e. The van der Waals surface area contributed by atoms with E-state index in [1.807, 2.05) is 65.9 Å². The number of rotatable bonds is 9. The molecule has 1 aromatic carbocycles. The van der Waals surface area contributed by atoms with Gasteiger partial charge >= 0.3 is 0 Å². The number of benzene rings is 1. The minimum absolute atomic E-state index is 0.0966. The van der Waals surface area contributed by atoms with E-state index in [1.165, 1.54) is 29.8 Å². The molecule has 6 rings (SSSR count). The summed E-state index contributed by atoms with van der Waals surface area (Å²) >= 11 is 1.46. The lowest BCUT2D eigenvalue weighted by molar-refractivity contribution is -0.131. The van der Waals surface area contributed by atoms with Gasteiger partial charge in [0, 0.05) is 47.5 Å². The lowest BCUT2D eigenvalue weighted by Crippen LogP contribution is -2.46. The summed E-state index contributed by atoms with van der Waals surface area (Å²) in [6.45, 7) is 12.6. The van der Waals surface area contributed by atoms with E-state index < -0.39 is 5.83 Å². The summed E-state index contributed by atoms with van der Waals surface area (Å²) in [7, 11) is 3.57. The van der Waals surface area contributed by atoms with Gasteiger partial charge in [-0.1, -0.05) is 19.2 Å². The number of hydrogen-bond donors (Lipinski definition) is 0. The van der Waals surface area contributed by atoms with Crippen molar-refractivity contribution in [3.05, 3.63) is 97.0 Å². The van der Waals surface area contributed by atoms with Crippen LogP contribution in [0.4, 0.5) is 8.78 Å². The molecule has 0 spiro atoms. The quantitative estimate of drug-likeness (QED) is 0.0696. The van der Waals surface area contributed by atoms with Crippen molar-refractivity contribution in [2.75, 3.05) is 20.3 Å². The van der Waals surface area contributed by atoms with E-state index >= 15 is 0 Å². The molecule has 0 fully saturated rings. The Hall–Kier alpha value is -4.94. The highest BCUT2D eigenvalue weighted by molar-refractivity contribution is 7.17. The number of methoxy groups -OCH3 is 1. The first-order valence-corrected chi connectivity index (χ1v) is 15.8. The maximum atomic E-state index is 14.8. The Balaban J connectivity index is 0.000000559. The second kappa shape index (κ2) is 14.7. The van der Waals surface area contributed by atoms with Crippen LogP contribution in [-0.4, -0.2) is 61.5 Å². The molecular formula is C35H36F2N6O3S. The molecule has 2 atom stereocenters. The fraction of sp³-hybridized carbons (Fsp3) is 0.257. The number of amides is 1. The first-order valence-electron chi connectivity index (χ1n) is 14.9. The second-order valence-electron chi connectivity index (χ2n) is 10.9. The van der Waals surface area contributed by atoms with Gasteiger partial charge in [0.25, 0.3) is 0 Å². The van der Waals surface area contributed by atoms with Crippen LogP contribution in [0.1, 0.15) is 31.1 Å². The van der Waals surface area contributed by atoms with Crippen molar-refractivity contribution < 1.29 is 23.0 Å². The van der Waals surface area contributed by atoms with Crippen molar-refractivity contribution in [1.82, 2.24) is 29.2 Å². The summed E-state index contributed by atoms with van der Waals surface area (Å²) in [4.78, 5) is 23.9. The van der Waals surface area contributed by atoms with E-state index in [1.54, 1.807) is 18.3 Å². The number of ether oxygens (including phenoxy) is 2. The molecule has 0 aliphatic carbocycles. The van der Waals surface area contributed by atoms with E-state index in [0.29, 0.717) is 42.4 Å². The van der Waals surface area contributed by atoms with E-state index in [4.69, 9.17) is 14.8 Å². The molecule has 2 unspecified atom stereocenters. The van der Waals surface area contributed by atoms with E-state index in [-0.39, 0.29) is 24.3 Å². The van der Waals surface area contributed by atoms with Crippen molar-refractivity contribution in [3.8, 4) is 22.6 Å². The van der Waals surface area contributed by atoms with Gasteiger partial charge in [-0.05, 0) is 55.6 Å². The molecule has 244 valence electrons. The summed E-state index contributed by atoms with van der Waals surface area (Å²) in [6, 6.07) is 9.48. The van der Waals surface area contributed by atoms with Crippen molar-refractivity contribution in [2.45, 2.75) is 32.5 Å². The highest BCUT2D eigenvalue weighted by Crippen LogP contribution is 2.41. The van der Waals surface area contributed by atoms with Crippen LogP contribution in [0, 0.1) is 0 Å². The Morgan fingerprint density at radius 2 is 1.98 bits per heavy atom. The summed E-state index contributed by atoms with van der Waals surface area (Å²) in [6.07, 6.45) is 6.72. The minimum Gasteiger partial charge on any atom is -0.499 e. The predicted molar refractivity (Wildman–Crippen MR) is 183 cm³/mol. The van der Waals surface area contributed by atoms with Gasteiger partial charge in [0.1, 0.15) is 23.8 Å². The molecular weight excluding hydrogens is 622 g/mol. The van der Waals surface area contributed by atoms with Crippen LogP contribution >= 0.6 is 11.3 Å².